The smallest absolute Gasteiger partial charge is 0.404 e. The number of pyridine rings is 1. The molecule has 0 aromatic carbocycles. The standard InChI is InChI=1S/C20H28N4O4/c1-12(2)16-13(8-7-9-22-16)17-14(10-25)24(19(23-17)27-6)15(20(3,4)5)11-28-18(21)26/h7-10,12,15H,11H2,1-6H3,(H2,21,26). The van der Waals surface area contributed by atoms with Crippen molar-refractivity contribution in [2.75, 3.05) is 13.7 Å². The number of carbonyl (C=O) groups is 2. The van der Waals surface area contributed by atoms with Gasteiger partial charge in [0, 0.05) is 11.8 Å². The Hall–Kier alpha value is -2.90. The average Bonchev–Trinajstić information content (AvgIpc) is 2.98. The highest BCUT2D eigenvalue weighted by atomic mass is 16.5. The van der Waals surface area contributed by atoms with Crippen LogP contribution in [0.15, 0.2) is 18.3 Å². The minimum absolute atomic E-state index is 0.0179. The molecule has 0 fully saturated rings. The maximum absolute atomic E-state index is 12.1. The van der Waals surface area contributed by atoms with E-state index in [1.165, 1.54) is 7.11 Å². The molecular formula is C20H28N4O4. The average molecular weight is 388 g/mol. The molecule has 0 aliphatic carbocycles. The van der Waals surface area contributed by atoms with E-state index in [9.17, 15) is 9.59 Å². The zero-order valence-corrected chi connectivity index (χ0v) is 17.2. The molecule has 0 bridgehead atoms. The number of ether oxygens (including phenoxy) is 2. The molecular weight excluding hydrogens is 360 g/mol. The van der Waals surface area contributed by atoms with Crippen LogP contribution in [0.25, 0.3) is 11.3 Å². The molecule has 2 heterocycles. The van der Waals surface area contributed by atoms with Crippen LogP contribution >= 0.6 is 0 Å². The Labute approximate surface area is 165 Å². The van der Waals surface area contributed by atoms with Crippen LogP contribution in [-0.2, 0) is 4.74 Å². The fraction of sp³-hybridized carbons (Fsp3) is 0.500. The summed E-state index contributed by atoms with van der Waals surface area (Å²) in [6.07, 6.45) is 1.58. The zero-order valence-electron chi connectivity index (χ0n) is 17.2. The van der Waals surface area contributed by atoms with E-state index in [0.717, 1.165) is 17.5 Å². The van der Waals surface area contributed by atoms with E-state index in [4.69, 9.17) is 15.2 Å². The molecule has 0 saturated carbocycles. The predicted octanol–water partition coefficient (Wildman–Crippen LogP) is 3.57. The van der Waals surface area contributed by atoms with E-state index < -0.39 is 12.1 Å². The van der Waals surface area contributed by atoms with Crippen molar-refractivity contribution in [3.63, 3.8) is 0 Å². The molecule has 2 aromatic rings. The van der Waals surface area contributed by atoms with Gasteiger partial charge in [-0.15, -0.1) is 0 Å². The summed E-state index contributed by atoms with van der Waals surface area (Å²) in [4.78, 5) is 32.3. The molecule has 8 nitrogen and oxygen atoms in total. The first-order valence-corrected chi connectivity index (χ1v) is 9.10. The van der Waals surface area contributed by atoms with Gasteiger partial charge in [-0.1, -0.05) is 34.6 Å². The molecule has 8 heteroatoms. The lowest BCUT2D eigenvalue weighted by molar-refractivity contribution is 0.0923. The molecule has 0 spiro atoms. The summed E-state index contributed by atoms with van der Waals surface area (Å²) in [7, 11) is 1.48. The Balaban J connectivity index is 2.73. The van der Waals surface area contributed by atoms with Crippen molar-refractivity contribution in [1.82, 2.24) is 14.5 Å². The summed E-state index contributed by atoms with van der Waals surface area (Å²) >= 11 is 0. The van der Waals surface area contributed by atoms with Crippen molar-refractivity contribution in [1.29, 1.82) is 0 Å². The van der Waals surface area contributed by atoms with Gasteiger partial charge in [-0.2, -0.15) is 4.98 Å². The Morgan fingerprint density at radius 2 is 2.04 bits per heavy atom. The number of aromatic nitrogens is 3. The third-order valence-electron chi connectivity index (χ3n) is 4.55. The second-order valence-corrected chi connectivity index (χ2v) is 7.92. The van der Waals surface area contributed by atoms with Gasteiger partial charge in [0.15, 0.2) is 6.29 Å². The second-order valence-electron chi connectivity index (χ2n) is 7.92. The first-order chi connectivity index (χ1) is 13.1. The summed E-state index contributed by atoms with van der Waals surface area (Å²) in [6.45, 7) is 9.95. The fourth-order valence-electron chi connectivity index (χ4n) is 3.13. The highest BCUT2D eigenvalue weighted by Gasteiger charge is 2.34. The van der Waals surface area contributed by atoms with Gasteiger partial charge in [-0.25, -0.2) is 4.79 Å². The molecule has 0 aliphatic heterocycles. The molecule has 28 heavy (non-hydrogen) atoms. The molecule has 1 atom stereocenters. The van der Waals surface area contributed by atoms with Crippen LogP contribution in [0.5, 0.6) is 6.01 Å². The lowest BCUT2D eigenvalue weighted by Crippen LogP contribution is -2.32. The molecule has 1 amide bonds. The van der Waals surface area contributed by atoms with Gasteiger partial charge in [0.05, 0.1) is 18.8 Å². The van der Waals surface area contributed by atoms with Gasteiger partial charge in [0.25, 0.3) is 6.01 Å². The SMILES string of the molecule is COc1nc(-c2cccnc2C(C)C)c(C=O)n1C(COC(N)=O)C(C)(C)C. The second kappa shape index (κ2) is 8.41. The molecule has 0 saturated heterocycles. The monoisotopic (exact) mass is 388 g/mol. The summed E-state index contributed by atoms with van der Waals surface area (Å²) in [5.41, 5.74) is 7.19. The normalized spacial score (nSPS) is 12.7. The van der Waals surface area contributed by atoms with Crippen LogP contribution in [-0.4, -0.2) is 40.6 Å². The van der Waals surface area contributed by atoms with Crippen LogP contribution in [0, 0.1) is 5.41 Å². The Bertz CT molecular complexity index is 852. The van der Waals surface area contributed by atoms with Crippen LogP contribution in [0.2, 0.25) is 0 Å². The maximum Gasteiger partial charge on any atom is 0.404 e. The Kier molecular flexibility index (Phi) is 6.43. The number of amides is 1. The van der Waals surface area contributed by atoms with Gasteiger partial charge >= 0.3 is 6.09 Å². The van der Waals surface area contributed by atoms with Crippen molar-refractivity contribution in [3.05, 3.63) is 29.7 Å². The first-order valence-electron chi connectivity index (χ1n) is 9.10. The number of carbonyl (C=O) groups excluding carboxylic acids is 2. The van der Waals surface area contributed by atoms with Crippen molar-refractivity contribution in [3.8, 4) is 17.3 Å². The molecule has 2 aromatic heterocycles. The van der Waals surface area contributed by atoms with Gasteiger partial charge in [0.2, 0.25) is 0 Å². The highest BCUT2D eigenvalue weighted by molar-refractivity contribution is 5.85. The summed E-state index contributed by atoms with van der Waals surface area (Å²) < 4.78 is 12.2. The molecule has 152 valence electrons. The number of primary amides is 1. The number of nitrogens with zero attached hydrogens (tertiary/aromatic N) is 3. The minimum Gasteiger partial charge on any atom is -0.468 e. The van der Waals surface area contributed by atoms with Crippen LogP contribution in [0.4, 0.5) is 4.79 Å². The topological polar surface area (TPSA) is 109 Å². The quantitative estimate of drug-likeness (QED) is 0.726. The van der Waals surface area contributed by atoms with Gasteiger partial charge in [0.1, 0.15) is 18.0 Å². The van der Waals surface area contributed by atoms with Crippen molar-refractivity contribution < 1.29 is 19.1 Å². The molecule has 1 unspecified atom stereocenters. The van der Waals surface area contributed by atoms with Crippen LogP contribution in [0.1, 0.15) is 62.8 Å². The van der Waals surface area contributed by atoms with E-state index in [2.05, 4.69) is 9.97 Å². The van der Waals surface area contributed by atoms with Gasteiger partial charge < -0.3 is 15.2 Å². The third kappa shape index (κ3) is 4.32. The highest BCUT2D eigenvalue weighted by Crippen LogP contribution is 2.39. The number of hydrogen-bond donors (Lipinski definition) is 1. The largest absolute Gasteiger partial charge is 0.468 e. The number of imidazole rings is 1. The summed E-state index contributed by atoms with van der Waals surface area (Å²) in [6, 6.07) is 3.52. The Morgan fingerprint density at radius 1 is 1.36 bits per heavy atom. The van der Waals surface area contributed by atoms with E-state index in [1.807, 2.05) is 40.7 Å². The Morgan fingerprint density at radius 3 is 2.54 bits per heavy atom. The number of hydrogen-bond acceptors (Lipinski definition) is 6. The number of methoxy groups -OCH3 is 1. The zero-order chi connectivity index (χ0) is 21.1. The third-order valence-corrected chi connectivity index (χ3v) is 4.55. The molecule has 2 N–H and O–H groups in total. The number of rotatable bonds is 7. The van der Waals surface area contributed by atoms with Crippen molar-refractivity contribution >= 4 is 12.4 Å². The maximum atomic E-state index is 12.1. The van der Waals surface area contributed by atoms with E-state index >= 15 is 0 Å². The van der Waals surface area contributed by atoms with E-state index in [-0.39, 0.29) is 24.0 Å². The molecule has 0 aliphatic rings. The summed E-state index contributed by atoms with van der Waals surface area (Å²) in [5.74, 6) is 0.142. The van der Waals surface area contributed by atoms with Crippen molar-refractivity contribution in [2.24, 2.45) is 11.1 Å². The summed E-state index contributed by atoms with van der Waals surface area (Å²) in [5, 5.41) is 0. The van der Waals surface area contributed by atoms with Gasteiger partial charge in [-0.05, 0) is 23.5 Å². The minimum atomic E-state index is -0.879. The molecule has 0 radical (unpaired) electrons. The lowest BCUT2D eigenvalue weighted by Gasteiger charge is -2.32. The number of nitrogens with two attached hydrogens (primary N) is 1. The first kappa shape index (κ1) is 21.4. The van der Waals surface area contributed by atoms with Crippen LogP contribution in [0.3, 0.4) is 0 Å². The van der Waals surface area contributed by atoms with Crippen molar-refractivity contribution in [2.45, 2.75) is 46.6 Å². The number of aldehydes is 1. The van der Waals surface area contributed by atoms with E-state index in [0.29, 0.717) is 11.4 Å². The molecule has 2 rings (SSSR count). The van der Waals surface area contributed by atoms with Gasteiger partial charge in [-0.3, -0.25) is 14.3 Å². The predicted molar refractivity (Wildman–Crippen MR) is 106 cm³/mol. The van der Waals surface area contributed by atoms with Crippen LogP contribution < -0.4 is 10.5 Å². The lowest BCUT2D eigenvalue weighted by atomic mass is 9.86. The fourth-order valence-corrected chi connectivity index (χ4v) is 3.13. The van der Waals surface area contributed by atoms with E-state index in [1.54, 1.807) is 16.8 Å².